The summed E-state index contributed by atoms with van der Waals surface area (Å²) in [4.78, 5) is 0. The van der Waals surface area contributed by atoms with Crippen molar-refractivity contribution in [2.24, 2.45) is 5.73 Å². The smallest absolute Gasteiger partial charge is 0.162 e. The van der Waals surface area contributed by atoms with E-state index in [1.54, 1.807) is 11.3 Å². The molecular weight excluding hydrogens is 326 g/mol. The lowest BCUT2D eigenvalue weighted by atomic mass is 9.99. The van der Waals surface area contributed by atoms with Gasteiger partial charge in [-0.1, -0.05) is 15.9 Å². The monoisotopic (exact) mass is 339 g/mol. The van der Waals surface area contributed by atoms with Crippen LogP contribution in [0.4, 0.5) is 0 Å². The molecule has 0 saturated heterocycles. The molecule has 0 bridgehead atoms. The fraction of sp³-hybridized carbons (Fsp3) is 0.286. The SMILES string of the molecule is Cc1cscc1C(N)c1cc2c(cc1Br)OCCO2. The number of halogens is 1. The topological polar surface area (TPSA) is 44.5 Å². The highest BCUT2D eigenvalue weighted by molar-refractivity contribution is 9.10. The molecule has 5 heteroatoms. The third kappa shape index (κ3) is 2.38. The largest absolute Gasteiger partial charge is 0.486 e. The van der Waals surface area contributed by atoms with Crippen molar-refractivity contribution in [1.82, 2.24) is 0 Å². The molecule has 19 heavy (non-hydrogen) atoms. The van der Waals surface area contributed by atoms with Crippen LogP contribution in [0.1, 0.15) is 22.7 Å². The molecule has 1 aromatic carbocycles. The van der Waals surface area contributed by atoms with Crippen molar-refractivity contribution in [2.75, 3.05) is 13.2 Å². The molecule has 1 atom stereocenters. The zero-order valence-electron chi connectivity index (χ0n) is 10.5. The molecule has 2 N–H and O–H groups in total. The molecule has 2 aromatic rings. The second-order valence-electron chi connectivity index (χ2n) is 4.51. The Balaban J connectivity index is 2.03. The number of fused-ring (bicyclic) bond motifs is 1. The molecule has 0 saturated carbocycles. The second-order valence-corrected chi connectivity index (χ2v) is 6.10. The number of aryl methyl sites for hydroxylation is 1. The summed E-state index contributed by atoms with van der Waals surface area (Å²) in [6.45, 7) is 3.26. The first-order chi connectivity index (χ1) is 9.16. The van der Waals surface area contributed by atoms with E-state index in [4.69, 9.17) is 15.2 Å². The lowest BCUT2D eigenvalue weighted by Crippen LogP contribution is -2.17. The maximum atomic E-state index is 6.38. The van der Waals surface area contributed by atoms with E-state index in [-0.39, 0.29) is 6.04 Å². The Kier molecular flexibility index (Phi) is 3.52. The van der Waals surface area contributed by atoms with Crippen LogP contribution in [-0.4, -0.2) is 13.2 Å². The molecule has 0 fully saturated rings. The van der Waals surface area contributed by atoms with Gasteiger partial charge in [0.05, 0.1) is 6.04 Å². The number of hydrogen-bond donors (Lipinski definition) is 1. The minimum absolute atomic E-state index is 0.156. The van der Waals surface area contributed by atoms with Crippen molar-refractivity contribution in [1.29, 1.82) is 0 Å². The molecule has 1 aromatic heterocycles. The third-order valence-electron chi connectivity index (χ3n) is 3.23. The Bertz CT molecular complexity index is 611. The summed E-state index contributed by atoms with van der Waals surface area (Å²) in [5, 5.41) is 4.21. The van der Waals surface area contributed by atoms with E-state index in [1.165, 1.54) is 5.56 Å². The predicted octanol–water partition coefficient (Wildman–Crippen LogP) is 3.64. The van der Waals surface area contributed by atoms with Gasteiger partial charge in [-0.2, -0.15) is 11.3 Å². The van der Waals surface area contributed by atoms with Crippen LogP contribution in [0.2, 0.25) is 0 Å². The maximum absolute atomic E-state index is 6.38. The highest BCUT2D eigenvalue weighted by Gasteiger charge is 2.20. The van der Waals surface area contributed by atoms with E-state index in [0.717, 1.165) is 27.1 Å². The first-order valence-electron chi connectivity index (χ1n) is 6.04. The zero-order valence-corrected chi connectivity index (χ0v) is 12.9. The van der Waals surface area contributed by atoms with E-state index in [1.807, 2.05) is 12.1 Å². The minimum Gasteiger partial charge on any atom is -0.486 e. The Labute approximate surface area is 124 Å². The van der Waals surface area contributed by atoms with Gasteiger partial charge in [0.2, 0.25) is 0 Å². The van der Waals surface area contributed by atoms with Gasteiger partial charge in [0.15, 0.2) is 11.5 Å². The number of ether oxygens (including phenoxy) is 2. The number of rotatable bonds is 2. The molecule has 0 radical (unpaired) electrons. The lowest BCUT2D eigenvalue weighted by molar-refractivity contribution is 0.171. The molecular formula is C14H14BrNO2S. The number of thiophene rings is 1. The van der Waals surface area contributed by atoms with E-state index in [0.29, 0.717) is 13.2 Å². The quantitative estimate of drug-likeness (QED) is 0.908. The van der Waals surface area contributed by atoms with E-state index >= 15 is 0 Å². The first-order valence-corrected chi connectivity index (χ1v) is 7.77. The van der Waals surface area contributed by atoms with Gasteiger partial charge in [0.1, 0.15) is 13.2 Å². The highest BCUT2D eigenvalue weighted by atomic mass is 79.9. The highest BCUT2D eigenvalue weighted by Crippen LogP contribution is 2.39. The third-order valence-corrected chi connectivity index (χ3v) is 4.79. The standard InChI is InChI=1S/C14H14BrNO2S/c1-8-6-19-7-10(8)14(16)9-4-12-13(5-11(9)15)18-3-2-17-12/h4-7,14H,2-3,16H2,1H3. The Morgan fingerprint density at radius 2 is 1.84 bits per heavy atom. The van der Waals surface area contributed by atoms with Crippen LogP contribution in [0.15, 0.2) is 27.4 Å². The molecule has 1 aliphatic heterocycles. The van der Waals surface area contributed by atoms with Crippen molar-refractivity contribution >= 4 is 27.3 Å². The van der Waals surface area contributed by atoms with E-state index < -0.39 is 0 Å². The molecule has 3 nitrogen and oxygen atoms in total. The van der Waals surface area contributed by atoms with Crippen LogP contribution in [0.25, 0.3) is 0 Å². The van der Waals surface area contributed by atoms with Crippen LogP contribution in [0.3, 0.4) is 0 Å². The van der Waals surface area contributed by atoms with Crippen molar-refractivity contribution in [2.45, 2.75) is 13.0 Å². The molecule has 2 heterocycles. The first kappa shape index (κ1) is 13.0. The van der Waals surface area contributed by atoms with Gasteiger partial charge in [0, 0.05) is 4.47 Å². The molecule has 0 amide bonds. The Morgan fingerprint density at radius 1 is 1.16 bits per heavy atom. The molecule has 3 rings (SSSR count). The number of nitrogens with two attached hydrogens (primary N) is 1. The van der Waals surface area contributed by atoms with Crippen LogP contribution in [-0.2, 0) is 0 Å². The van der Waals surface area contributed by atoms with Gasteiger partial charge >= 0.3 is 0 Å². The van der Waals surface area contributed by atoms with Gasteiger partial charge < -0.3 is 15.2 Å². The Hall–Kier alpha value is -1.04. The lowest BCUT2D eigenvalue weighted by Gasteiger charge is -2.22. The van der Waals surface area contributed by atoms with Crippen molar-refractivity contribution in [3.8, 4) is 11.5 Å². The zero-order chi connectivity index (χ0) is 13.4. The van der Waals surface area contributed by atoms with Gasteiger partial charge in [-0.15, -0.1) is 0 Å². The number of benzene rings is 1. The summed E-state index contributed by atoms with van der Waals surface area (Å²) in [6, 6.07) is 3.75. The predicted molar refractivity (Wildman–Crippen MR) is 80.2 cm³/mol. The van der Waals surface area contributed by atoms with Gasteiger partial charge in [-0.3, -0.25) is 0 Å². The summed E-state index contributed by atoms with van der Waals surface area (Å²) >= 11 is 5.25. The molecule has 1 unspecified atom stereocenters. The van der Waals surface area contributed by atoms with Crippen LogP contribution in [0, 0.1) is 6.92 Å². The summed E-state index contributed by atoms with van der Waals surface area (Å²) in [5.41, 5.74) is 9.77. The summed E-state index contributed by atoms with van der Waals surface area (Å²) in [6.07, 6.45) is 0. The van der Waals surface area contributed by atoms with E-state index in [9.17, 15) is 0 Å². The molecule has 1 aliphatic rings. The van der Waals surface area contributed by atoms with Gasteiger partial charge in [-0.05, 0) is 46.5 Å². The van der Waals surface area contributed by atoms with E-state index in [2.05, 4.69) is 33.6 Å². The molecule has 100 valence electrons. The van der Waals surface area contributed by atoms with Crippen molar-refractivity contribution in [3.63, 3.8) is 0 Å². The summed E-state index contributed by atoms with van der Waals surface area (Å²) < 4.78 is 12.1. The molecule has 0 spiro atoms. The van der Waals surface area contributed by atoms with Crippen molar-refractivity contribution < 1.29 is 9.47 Å². The summed E-state index contributed by atoms with van der Waals surface area (Å²) in [7, 11) is 0. The Morgan fingerprint density at radius 3 is 2.47 bits per heavy atom. The van der Waals surface area contributed by atoms with Crippen molar-refractivity contribution in [3.05, 3.63) is 44.1 Å². The summed E-state index contributed by atoms with van der Waals surface area (Å²) in [5.74, 6) is 1.55. The molecule has 0 aliphatic carbocycles. The maximum Gasteiger partial charge on any atom is 0.162 e. The average molecular weight is 340 g/mol. The average Bonchev–Trinajstić information content (AvgIpc) is 2.83. The van der Waals surface area contributed by atoms with Gasteiger partial charge in [0.25, 0.3) is 0 Å². The fourth-order valence-corrected chi connectivity index (χ4v) is 3.63. The van der Waals surface area contributed by atoms with Gasteiger partial charge in [-0.25, -0.2) is 0 Å². The van der Waals surface area contributed by atoms with Crippen LogP contribution >= 0.6 is 27.3 Å². The van der Waals surface area contributed by atoms with Crippen LogP contribution < -0.4 is 15.2 Å². The van der Waals surface area contributed by atoms with Crippen LogP contribution in [0.5, 0.6) is 11.5 Å². The minimum atomic E-state index is -0.156. The second kappa shape index (κ2) is 5.15. The number of hydrogen-bond acceptors (Lipinski definition) is 4. The normalized spacial score (nSPS) is 15.3. The fourth-order valence-electron chi connectivity index (χ4n) is 2.17.